The number of alkyl halides is 1. The van der Waals surface area contributed by atoms with Crippen molar-refractivity contribution in [3.8, 4) is 17.3 Å². The molecule has 0 unspecified atom stereocenters. The van der Waals surface area contributed by atoms with Gasteiger partial charge < -0.3 is 24.8 Å². The predicted molar refractivity (Wildman–Crippen MR) is 128 cm³/mol. The summed E-state index contributed by atoms with van der Waals surface area (Å²) in [4.78, 5) is 29.0. The summed E-state index contributed by atoms with van der Waals surface area (Å²) in [6.45, 7) is 4.59. The largest absolute Gasteiger partial charge is 0.489 e. The van der Waals surface area contributed by atoms with Gasteiger partial charge in [-0.05, 0) is 43.7 Å². The molecule has 0 atom stereocenters. The van der Waals surface area contributed by atoms with Crippen molar-refractivity contribution in [2.75, 3.05) is 39.6 Å². The number of benzene rings is 1. The lowest BCUT2D eigenvalue weighted by Gasteiger charge is -2.13. The van der Waals surface area contributed by atoms with Gasteiger partial charge in [0.15, 0.2) is 5.69 Å². The van der Waals surface area contributed by atoms with Gasteiger partial charge in [0.2, 0.25) is 5.88 Å². The molecule has 0 radical (unpaired) electrons. The normalized spacial score (nSPS) is 10.6. The van der Waals surface area contributed by atoms with E-state index in [4.69, 9.17) is 14.2 Å². The summed E-state index contributed by atoms with van der Waals surface area (Å²) in [6, 6.07) is 8.35. The van der Waals surface area contributed by atoms with Crippen molar-refractivity contribution in [2.24, 2.45) is 0 Å². The molecule has 0 fully saturated rings. The number of hydrogen-bond donors (Lipinski definition) is 2. The maximum Gasteiger partial charge on any atom is 0.273 e. The number of halogens is 1. The fraction of sp³-hybridized carbons (Fsp3) is 0.375. The summed E-state index contributed by atoms with van der Waals surface area (Å²) in [6.07, 6.45) is 3.07. The summed E-state index contributed by atoms with van der Waals surface area (Å²) in [7, 11) is 0. The fourth-order valence-electron chi connectivity index (χ4n) is 3.14. The molecule has 0 aliphatic heterocycles. The maximum atomic E-state index is 12.6. The molecule has 2 N–H and O–H groups in total. The quantitative estimate of drug-likeness (QED) is 0.322. The van der Waals surface area contributed by atoms with Crippen LogP contribution in [0.15, 0.2) is 42.7 Å². The average molecular weight is 501 g/mol. The van der Waals surface area contributed by atoms with E-state index >= 15 is 0 Å². The van der Waals surface area contributed by atoms with E-state index in [1.165, 1.54) is 10.9 Å². The monoisotopic (exact) mass is 500 g/mol. The van der Waals surface area contributed by atoms with Crippen LogP contribution in [0.4, 0.5) is 4.39 Å². The van der Waals surface area contributed by atoms with E-state index in [1.54, 1.807) is 36.5 Å². The van der Waals surface area contributed by atoms with E-state index in [2.05, 4.69) is 25.9 Å². The number of rotatable bonds is 14. The molecule has 192 valence electrons. The molecule has 2 aromatic heterocycles. The van der Waals surface area contributed by atoms with Gasteiger partial charge in [0.05, 0.1) is 26.0 Å². The van der Waals surface area contributed by atoms with Crippen molar-refractivity contribution in [2.45, 2.75) is 20.4 Å². The third-order valence-electron chi connectivity index (χ3n) is 4.78. The van der Waals surface area contributed by atoms with Crippen LogP contribution in [0.1, 0.15) is 40.3 Å². The molecule has 3 rings (SSSR count). The van der Waals surface area contributed by atoms with Gasteiger partial charge in [-0.3, -0.25) is 9.59 Å². The van der Waals surface area contributed by atoms with Crippen LogP contribution >= 0.6 is 0 Å². The van der Waals surface area contributed by atoms with Crippen molar-refractivity contribution in [3.05, 3.63) is 59.5 Å². The van der Waals surface area contributed by atoms with Gasteiger partial charge in [0.25, 0.3) is 11.8 Å². The van der Waals surface area contributed by atoms with E-state index in [1.807, 2.05) is 13.8 Å². The zero-order chi connectivity index (χ0) is 25.8. The number of nitrogens with one attached hydrogen (secondary N) is 2. The first kappa shape index (κ1) is 26.5. The molecule has 2 amide bonds. The van der Waals surface area contributed by atoms with E-state index in [-0.39, 0.29) is 38.0 Å². The molecule has 11 nitrogen and oxygen atoms in total. The second-order valence-corrected chi connectivity index (χ2v) is 7.36. The Kier molecular flexibility index (Phi) is 10.1. The smallest absolute Gasteiger partial charge is 0.273 e. The van der Waals surface area contributed by atoms with Gasteiger partial charge in [-0.1, -0.05) is 5.21 Å². The van der Waals surface area contributed by atoms with E-state index < -0.39 is 12.6 Å². The number of amides is 2. The highest BCUT2D eigenvalue weighted by molar-refractivity contribution is 5.95. The minimum Gasteiger partial charge on any atom is -0.489 e. The van der Waals surface area contributed by atoms with Crippen LogP contribution in [0.2, 0.25) is 0 Å². The highest BCUT2D eigenvalue weighted by atomic mass is 19.1. The third kappa shape index (κ3) is 7.47. The molecule has 0 saturated heterocycles. The molecule has 3 aromatic rings. The SMILES string of the molecule is CCNC(=O)c1ccc(-n2cc(C(=O)NCc3ccnc(OCC)c3)nn2)c(OCCOCCF)c1. The Labute approximate surface area is 208 Å². The lowest BCUT2D eigenvalue weighted by Crippen LogP contribution is -2.23. The zero-order valence-electron chi connectivity index (χ0n) is 20.2. The minimum atomic E-state index is -0.587. The number of ether oxygens (including phenoxy) is 3. The second-order valence-electron chi connectivity index (χ2n) is 7.36. The Morgan fingerprint density at radius 1 is 1.03 bits per heavy atom. The molecule has 0 saturated carbocycles. The van der Waals surface area contributed by atoms with Crippen molar-refractivity contribution in [1.29, 1.82) is 0 Å². The Bertz CT molecular complexity index is 1160. The molecule has 0 aliphatic carbocycles. The highest BCUT2D eigenvalue weighted by Gasteiger charge is 2.16. The fourth-order valence-corrected chi connectivity index (χ4v) is 3.14. The molecule has 36 heavy (non-hydrogen) atoms. The van der Waals surface area contributed by atoms with Crippen LogP contribution in [-0.4, -0.2) is 71.4 Å². The van der Waals surface area contributed by atoms with Gasteiger partial charge >= 0.3 is 0 Å². The van der Waals surface area contributed by atoms with Crippen LogP contribution in [0.5, 0.6) is 11.6 Å². The first-order valence-corrected chi connectivity index (χ1v) is 11.5. The van der Waals surface area contributed by atoms with Crippen LogP contribution in [0, 0.1) is 0 Å². The Morgan fingerprint density at radius 2 is 1.89 bits per heavy atom. The van der Waals surface area contributed by atoms with E-state index in [0.717, 1.165) is 5.56 Å². The van der Waals surface area contributed by atoms with Crippen LogP contribution in [-0.2, 0) is 11.3 Å². The van der Waals surface area contributed by atoms with Gasteiger partial charge in [-0.25, -0.2) is 14.1 Å². The van der Waals surface area contributed by atoms with Gasteiger partial charge in [0.1, 0.15) is 24.7 Å². The van der Waals surface area contributed by atoms with Crippen molar-refractivity contribution in [1.82, 2.24) is 30.6 Å². The first-order chi connectivity index (χ1) is 17.5. The van der Waals surface area contributed by atoms with Gasteiger partial charge in [-0.2, -0.15) is 0 Å². The molecule has 0 aliphatic rings. The summed E-state index contributed by atoms with van der Waals surface area (Å²) in [5.41, 5.74) is 1.78. The number of hydrogen-bond acceptors (Lipinski definition) is 8. The molecule has 0 bridgehead atoms. The van der Waals surface area contributed by atoms with Gasteiger partial charge in [-0.15, -0.1) is 5.10 Å². The molecule has 2 heterocycles. The maximum absolute atomic E-state index is 12.6. The Balaban J connectivity index is 1.73. The number of carbonyl (C=O) groups is 2. The molecule has 0 spiro atoms. The lowest BCUT2D eigenvalue weighted by molar-refractivity contribution is 0.0894. The van der Waals surface area contributed by atoms with Crippen molar-refractivity contribution < 1.29 is 28.2 Å². The summed E-state index contributed by atoms with van der Waals surface area (Å²) in [5, 5.41) is 13.5. The average Bonchev–Trinajstić information content (AvgIpc) is 3.38. The Hall–Kier alpha value is -4.06. The first-order valence-electron chi connectivity index (χ1n) is 11.5. The molecular formula is C24H29FN6O5. The van der Waals surface area contributed by atoms with Crippen LogP contribution in [0.3, 0.4) is 0 Å². The number of pyridine rings is 1. The van der Waals surface area contributed by atoms with Gasteiger partial charge in [0, 0.05) is 30.9 Å². The third-order valence-corrected chi connectivity index (χ3v) is 4.78. The van der Waals surface area contributed by atoms with E-state index in [0.29, 0.717) is 36.0 Å². The number of aromatic nitrogens is 4. The van der Waals surface area contributed by atoms with Crippen LogP contribution < -0.4 is 20.1 Å². The predicted octanol–water partition coefficient (Wildman–Crippen LogP) is 2.11. The summed E-state index contributed by atoms with van der Waals surface area (Å²) in [5.74, 6) is 0.135. The minimum absolute atomic E-state index is 0.0247. The standard InChI is InChI=1S/C24H29FN6O5/c1-3-26-23(32)18-5-6-20(21(14-18)36-12-11-34-10-8-25)31-16-19(29-30-31)24(33)28-15-17-7-9-27-22(13-17)35-4-2/h5-7,9,13-14,16H,3-4,8,10-12,15H2,1-2H3,(H,26,32)(H,28,33). The molecule has 12 heteroatoms. The summed E-state index contributed by atoms with van der Waals surface area (Å²) >= 11 is 0. The Morgan fingerprint density at radius 3 is 2.67 bits per heavy atom. The number of carbonyl (C=O) groups excluding carboxylic acids is 2. The van der Waals surface area contributed by atoms with Crippen molar-refractivity contribution >= 4 is 11.8 Å². The zero-order valence-corrected chi connectivity index (χ0v) is 20.2. The number of nitrogens with zero attached hydrogens (tertiary/aromatic N) is 4. The van der Waals surface area contributed by atoms with Crippen LogP contribution in [0.25, 0.3) is 5.69 Å². The second kappa shape index (κ2) is 13.7. The highest BCUT2D eigenvalue weighted by Crippen LogP contribution is 2.24. The van der Waals surface area contributed by atoms with E-state index in [9.17, 15) is 14.0 Å². The molecular weight excluding hydrogens is 471 g/mol. The van der Waals surface area contributed by atoms with Crippen molar-refractivity contribution in [3.63, 3.8) is 0 Å². The topological polar surface area (TPSA) is 129 Å². The summed E-state index contributed by atoms with van der Waals surface area (Å²) < 4.78 is 29.9. The lowest BCUT2D eigenvalue weighted by atomic mass is 10.1. The molecule has 1 aromatic carbocycles.